The third-order valence-electron chi connectivity index (χ3n) is 5.25. The molecule has 1 aliphatic carbocycles. The minimum atomic E-state index is -0.650. The molecule has 146 valence electrons. The molecule has 0 saturated heterocycles. The number of aromatic hydroxyl groups is 1. The van der Waals surface area contributed by atoms with E-state index in [4.69, 9.17) is 11.6 Å². The first-order valence-corrected chi connectivity index (χ1v) is 10.3. The Morgan fingerprint density at radius 3 is 2.86 bits per heavy atom. The molecule has 0 spiro atoms. The molecule has 3 heterocycles. The summed E-state index contributed by atoms with van der Waals surface area (Å²) in [6, 6.07) is 4.51. The summed E-state index contributed by atoms with van der Waals surface area (Å²) in [5.74, 6) is -1.63. The molecule has 0 atom stereocenters. The molecule has 0 saturated carbocycles. The Bertz CT molecular complexity index is 1390. The van der Waals surface area contributed by atoms with Crippen LogP contribution in [-0.2, 0) is 12.8 Å². The van der Waals surface area contributed by atoms with E-state index in [1.54, 1.807) is 0 Å². The summed E-state index contributed by atoms with van der Waals surface area (Å²) in [5.41, 5.74) is 0.900. The standard InChI is InChI=1S/C21H14ClFN2O3S/c22-14-7-10(18(27)13-8-11(23)5-6-15(13)26)9-25-19(14)24-20-17(21(25)28)12-3-1-2-4-16(12)29-20/h5-9,26H,1-4H2. The van der Waals surface area contributed by atoms with Gasteiger partial charge >= 0.3 is 0 Å². The number of phenolic OH excluding ortho intramolecular Hbond substituents is 1. The fraction of sp³-hybridized carbons (Fsp3) is 0.190. The number of ketones is 1. The zero-order valence-corrected chi connectivity index (χ0v) is 16.6. The lowest BCUT2D eigenvalue weighted by Crippen LogP contribution is -2.18. The number of halogens is 2. The zero-order chi connectivity index (χ0) is 20.3. The molecule has 0 amide bonds. The molecule has 8 heteroatoms. The molecule has 1 aromatic carbocycles. The number of nitrogens with zero attached hydrogens (tertiary/aromatic N) is 2. The molecule has 4 aromatic rings. The van der Waals surface area contributed by atoms with Gasteiger partial charge in [-0.25, -0.2) is 9.37 Å². The van der Waals surface area contributed by atoms with Crippen molar-refractivity contribution in [3.63, 3.8) is 0 Å². The molecule has 3 aromatic heterocycles. The number of rotatable bonds is 2. The second kappa shape index (κ2) is 6.64. The van der Waals surface area contributed by atoms with E-state index in [1.807, 2.05) is 0 Å². The van der Waals surface area contributed by atoms with E-state index in [2.05, 4.69) is 4.98 Å². The zero-order valence-electron chi connectivity index (χ0n) is 15.0. The maximum absolute atomic E-state index is 13.6. The van der Waals surface area contributed by atoms with Crippen molar-refractivity contribution in [1.82, 2.24) is 9.38 Å². The Hall–Kier alpha value is -2.77. The van der Waals surface area contributed by atoms with Crippen LogP contribution in [0.4, 0.5) is 4.39 Å². The van der Waals surface area contributed by atoms with Crippen LogP contribution in [0.25, 0.3) is 15.9 Å². The molecule has 0 bridgehead atoms. The summed E-state index contributed by atoms with van der Waals surface area (Å²) < 4.78 is 14.8. The number of carbonyl (C=O) groups is 1. The normalized spacial score (nSPS) is 13.7. The Morgan fingerprint density at radius 2 is 2.03 bits per heavy atom. The molecule has 5 rings (SSSR count). The van der Waals surface area contributed by atoms with Crippen LogP contribution in [0.2, 0.25) is 5.02 Å². The summed E-state index contributed by atoms with van der Waals surface area (Å²) >= 11 is 7.88. The summed E-state index contributed by atoms with van der Waals surface area (Å²) in [6.45, 7) is 0. The number of benzene rings is 1. The monoisotopic (exact) mass is 428 g/mol. The lowest BCUT2D eigenvalue weighted by molar-refractivity contribution is 0.103. The van der Waals surface area contributed by atoms with Gasteiger partial charge in [0.05, 0.1) is 16.0 Å². The van der Waals surface area contributed by atoms with Crippen molar-refractivity contribution in [2.45, 2.75) is 25.7 Å². The molecule has 0 unspecified atom stereocenters. The third kappa shape index (κ3) is 2.84. The SMILES string of the molecule is O=C(c1cc(Cl)c2nc3sc4c(c3c(=O)n2c1)CCCC4)c1cc(F)ccc1O. The van der Waals surface area contributed by atoms with Crippen LogP contribution in [-0.4, -0.2) is 20.3 Å². The summed E-state index contributed by atoms with van der Waals surface area (Å²) in [7, 11) is 0. The van der Waals surface area contributed by atoms with Crippen molar-refractivity contribution in [2.24, 2.45) is 0 Å². The number of fused-ring (bicyclic) bond motifs is 4. The van der Waals surface area contributed by atoms with Gasteiger partial charge in [-0.1, -0.05) is 11.6 Å². The topological polar surface area (TPSA) is 71.7 Å². The lowest BCUT2D eigenvalue weighted by Gasteiger charge is -2.10. The van der Waals surface area contributed by atoms with Crippen LogP contribution in [0.5, 0.6) is 5.75 Å². The van der Waals surface area contributed by atoms with Gasteiger partial charge in [-0.3, -0.25) is 14.0 Å². The van der Waals surface area contributed by atoms with Crippen molar-refractivity contribution >= 4 is 44.6 Å². The van der Waals surface area contributed by atoms with E-state index >= 15 is 0 Å². The Balaban J connectivity index is 1.76. The van der Waals surface area contributed by atoms with E-state index in [0.717, 1.165) is 49.4 Å². The molecule has 1 aliphatic rings. The fourth-order valence-corrected chi connectivity index (χ4v) is 5.36. The molecular weight excluding hydrogens is 415 g/mol. The first kappa shape index (κ1) is 18.3. The van der Waals surface area contributed by atoms with Gasteiger partial charge in [-0.2, -0.15) is 0 Å². The van der Waals surface area contributed by atoms with Gasteiger partial charge < -0.3 is 5.11 Å². The highest BCUT2D eigenvalue weighted by Gasteiger charge is 2.22. The average Bonchev–Trinajstić information content (AvgIpc) is 3.08. The number of thiophene rings is 1. The van der Waals surface area contributed by atoms with E-state index in [-0.39, 0.29) is 33.1 Å². The number of aromatic nitrogens is 2. The van der Waals surface area contributed by atoms with E-state index in [0.29, 0.717) is 10.2 Å². The predicted octanol–water partition coefficient (Wildman–Crippen LogP) is 4.52. The lowest BCUT2D eigenvalue weighted by atomic mass is 9.97. The van der Waals surface area contributed by atoms with Crippen LogP contribution >= 0.6 is 22.9 Å². The Morgan fingerprint density at radius 1 is 1.24 bits per heavy atom. The van der Waals surface area contributed by atoms with Gasteiger partial charge in [0.2, 0.25) is 0 Å². The quantitative estimate of drug-likeness (QED) is 0.476. The maximum Gasteiger partial charge on any atom is 0.266 e. The fourth-order valence-electron chi connectivity index (χ4n) is 3.85. The molecule has 0 aliphatic heterocycles. The largest absolute Gasteiger partial charge is 0.507 e. The van der Waals surface area contributed by atoms with Crippen LogP contribution in [0.3, 0.4) is 0 Å². The van der Waals surface area contributed by atoms with Crippen molar-refractivity contribution in [1.29, 1.82) is 0 Å². The molecular formula is C21H14ClFN2O3S. The highest BCUT2D eigenvalue weighted by Crippen LogP contribution is 2.34. The summed E-state index contributed by atoms with van der Waals surface area (Å²) in [5, 5.41) is 10.7. The Kier molecular flexibility index (Phi) is 4.18. The van der Waals surface area contributed by atoms with Gasteiger partial charge in [0, 0.05) is 16.6 Å². The number of phenols is 1. The third-order valence-corrected chi connectivity index (χ3v) is 6.71. The van der Waals surface area contributed by atoms with Crippen molar-refractivity contribution < 1.29 is 14.3 Å². The highest BCUT2D eigenvalue weighted by atomic mass is 35.5. The van der Waals surface area contributed by atoms with E-state index < -0.39 is 11.6 Å². The maximum atomic E-state index is 13.6. The minimum Gasteiger partial charge on any atom is -0.507 e. The molecule has 29 heavy (non-hydrogen) atoms. The van der Waals surface area contributed by atoms with Gasteiger partial charge in [0.25, 0.3) is 5.56 Å². The Labute approximate surface area is 173 Å². The average molecular weight is 429 g/mol. The first-order chi connectivity index (χ1) is 13.9. The van der Waals surface area contributed by atoms with Crippen molar-refractivity contribution in [2.75, 3.05) is 0 Å². The van der Waals surface area contributed by atoms with Crippen LogP contribution in [0, 0.1) is 5.82 Å². The number of aryl methyl sites for hydroxylation is 2. The predicted molar refractivity (Wildman–Crippen MR) is 110 cm³/mol. The minimum absolute atomic E-state index is 0.0655. The summed E-state index contributed by atoms with van der Waals surface area (Å²) in [6.07, 6.45) is 5.25. The van der Waals surface area contributed by atoms with Gasteiger partial charge in [0.1, 0.15) is 16.4 Å². The first-order valence-electron chi connectivity index (χ1n) is 9.13. The van der Waals surface area contributed by atoms with E-state index in [1.165, 1.54) is 32.9 Å². The van der Waals surface area contributed by atoms with Gasteiger partial charge in [-0.05, 0) is 55.5 Å². The van der Waals surface area contributed by atoms with Crippen LogP contribution in [0.1, 0.15) is 39.2 Å². The molecule has 5 nitrogen and oxygen atoms in total. The number of pyridine rings is 1. The number of carbonyl (C=O) groups excluding carboxylic acids is 1. The number of hydrogen-bond acceptors (Lipinski definition) is 5. The van der Waals surface area contributed by atoms with Crippen LogP contribution in [0.15, 0.2) is 35.3 Å². The molecule has 0 radical (unpaired) electrons. The van der Waals surface area contributed by atoms with Gasteiger partial charge in [-0.15, -0.1) is 11.3 Å². The molecule has 0 fully saturated rings. The number of hydrogen-bond donors (Lipinski definition) is 1. The smallest absolute Gasteiger partial charge is 0.266 e. The molecule has 1 N–H and O–H groups in total. The van der Waals surface area contributed by atoms with Crippen LogP contribution < -0.4 is 5.56 Å². The van der Waals surface area contributed by atoms with Gasteiger partial charge in [0.15, 0.2) is 11.4 Å². The van der Waals surface area contributed by atoms with Crippen molar-refractivity contribution in [3.8, 4) is 5.75 Å². The van der Waals surface area contributed by atoms with Crippen molar-refractivity contribution in [3.05, 3.63) is 73.2 Å². The second-order valence-corrected chi connectivity index (χ2v) is 8.56. The summed E-state index contributed by atoms with van der Waals surface area (Å²) in [4.78, 5) is 32.5. The highest BCUT2D eigenvalue weighted by molar-refractivity contribution is 7.18. The second-order valence-electron chi connectivity index (χ2n) is 7.07. The van der Waals surface area contributed by atoms with E-state index in [9.17, 15) is 19.1 Å².